The van der Waals surface area contributed by atoms with Crippen LogP contribution in [0, 0.1) is 0 Å². The Morgan fingerprint density at radius 2 is 1.85 bits per heavy atom. The van der Waals surface area contributed by atoms with Gasteiger partial charge in [0.2, 0.25) is 0 Å². The van der Waals surface area contributed by atoms with Gasteiger partial charge in [0, 0.05) is 12.6 Å². The van der Waals surface area contributed by atoms with Crippen molar-refractivity contribution < 1.29 is 0 Å². The van der Waals surface area contributed by atoms with Gasteiger partial charge in [-0.15, -0.1) is 5.10 Å². The van der Waals surface area contributed by atoms with E-state index in [4.69, 9.17) is 18.0 Å². The van der Waals surface area contributed by atoms with Crippen LogP contribution in [0.15, 0.2) is 0 Å². The van der Waals surface area contributed by atoms with E-state index >= 15 is 0 Å². The number of hydrogen-bond acceptors (Lipinski definition) is 4. The molecule has 0 radical (unpaired) electrons. The van der Waals surface area contributed by atoms with E-state index < -0.39 is 0 Å². The molecule has 0 aromatic carbocycles. The largest absolute Gasteiger partial charge is 0.389 e. The van der Waals surface area contributed by atoms with Gasteiger partial charge >= 0.3 is 0 Å². The third-order valence-corrected chi connectivity index (χ3v) is 4.01. The molecule has 112 valence electrons. The van der Waals surface area contributed by atoms with Gasteiger partial charge in [0.05, 0.1) is 11.3 Å². The summed E-state index contributed by atoms with van der Waals surface area (Å²) in [4.78, 5) is 2.66. The summed E-state index contributed by atoms with van der Waals surface area (Å²) in [6.07, 6.45) is 2.77. The van der Waals surface area contributed by atoms with Crippen LogP contribution in [0.5, 0.6) is 0 Å². The Hall–Kier alpha value is -1.23. The summed E-state index contributed by atoms with van der Waals surface area (Å²) >= 11 is 5.28. The lowest BCUT2D eigenvalue weighted by atomic mass is 10.0. The van der Waals surface area contributed by atoms with Crippen LogP contribution in [0.2, 0.25) is 0 Å². The molecule has 1 aromatic heterocycles. The topological polar surface area (TPSA) is 55.0 Å². The van der Waals surface area contributed by atoms with Gasteiger partial charge in [-0.3, -0.25) is 0 Å². The smallest absolute Gasteiger partial charge is 0.162 e. The Balaban J connectivity index is 3.49. The minimum atomic E-state index is 0.389. The molecule has 0 saturated carbocycles. The predicted molar refractivity (Wildman–Crippen MR) is 89.4 cm³/mol. The maximum atomic E-state index is 5.99. The number of nitrogens with zero attached hydrogens (tertiary/aromatic N) is 3. The van der Waals surface area contributed by atoms with E-state index in [9.17, 15) is 0 Å². The molecule has 5 heteroatoms. The van der Waals surface area contributed by atoms with Crippen LogP contribution in [-0.4, -0.2) is 27.8 Å². The van der Waals surface area contributed by atoms with E-state index in [1.807, 2.05) is 0 Å². The Morgan fingerprint density at radius 3 is 2.25 bits per heavy atom. The molecule has 1 atom stereocenters. The Kier molecular flexibility index (Phi) is 6.33. The molecule has 0 aliphatic rings. The molecule has 1 unspecified atom stereocenters. The third-order valence-electron chi connectivity index (χ3n) is 3.81. The first-order valence-corrected chi connectivity index (χ1v) is 7.87. The molecule has 0 aliphatic carbocycles. The maximum absolute atomic E-state index is 5.99. The van der Waals surface area contributed by atoms with Gasteiger partial charge in [0.1, 0.15) is 4.99 Å². The second-order valence-corrected chi connectivity index (χ2v) is 5.38. The summed E-state index contributed by atoms with van der Waals surface area (Å²) in [5.74, 6) is 0.836. The summed E-state index contributed by atoms with van der Waals surface area (Å²) in [6.45, 7) is 11.5. The van der Waals surface area contributed by atoms with E-state index in [1.165, 1.54) is 0 Å². The Morgan fingerprint density at radius 1 is 1.20 bits per heavy atom. The van der Waals surface area contributed by atoms with E-state index in [0.717, 1.165) is 48.4 Å². The van der Waals surface area contributed by atoms with Crippen molar-refractivity contribution in [3.8, 4) is 0 Å². The fraction of sp³-hybridized carbons (Fsp3) is 0.667. The van der Waals surface area contributed by atoms with Crippen LogP contribution in [0.25, 0.3) is 0 Å². The molecular formula is C15H26N4S. The standard InChI is InChI=1S/C15H26N4S/c1-6-10(5)19(9-4)15-13(14(16)20)11(7-2)12(8-3)17-18-15/h10H,6-9H2,1-5H3,(H2,16,20). The second-order valence-electron chi connectivity index (χ2n) is 4.94. The van der Waals surface area contributed by atoms with Gasteiger partial charge in [-0.1, -0.05) is 33.0 Å². The maximum Gasteiger partial charge on any atom is 0.162 e. The summed E-state index contributed by atoms with van der Waals surface area (Å²) in [5, 5.41) is 8.82. The second kappa shape index (κ2) is 7.53. The molecule has 0 aliphatic heterocycles. The zero-order valence-electron chi connectivity index (χ0n) is 13.2. The average molecular weight is 294 g/mol. The number of aryl methyl sites for hydroxylation is 1. The number of nitrogens with two attached hydrogens (primary N) is 1. The zero-order chi connectivity index (χ0) is 15.3. The molecule has 2 N–H and O–H groups in total. The predicted octanol–water partition coefficient (Wildman–Crippen LogP) is 2.86. The molecular weight excluding hydrogens is 268 g/mol. The highest BCUT2D eigenvalue weighted by Gasteiger charge is 2.22. The zero-order valence-corrected chi connectivity index (χ0v) is 14.0. The number of hydrogen-bond donors (Lipinski definition) is 1. The normalized spacial score (nSPS) is 12.2. The van der Waals surface area contributed by atoms with Crippen molar-refractivity contribution in [3.05, 3.63) is 16.8 Å². The van der Waals surface area contributed by atoms with Gasteiger partial charge < -0.3 is 10.6 Å². The average Bonchev–Trinajstić information content (AvgIpc) is 2.46. The van der Waals surface area contributed by atoms with Crippen LogP contribution < -0.4 is 10.6 Å². The van der Waals surface area contributed by atoms with Crippen LogP contribution in [-0.2, 0) is 12.8 Å². The third kappa shape index (κ3) is 3.26. The molecule has 1 aromatic rings. The summed E-state index contributed by atoms with van der Waals surface area (Å²) in [7, 11) is 0. The van der Waals surface area contributed by atoms with E-state index in [0.29, 0.717) is 11.0 Å². The summed E-state index contributed by atoms with van der Waals surface area (Å²) in [5.41, 5.74) is 9.04. The first-order chi connectivity index (χ1) is 9.51. The van der Waals surface area contributed by atoms with Gasteiger partial charge in [-0.25, -0.2) is 0 Å². The number of thiocarbonyl (C=S) groups is 1. The lowest BCUT2D eigenvalue weighted by Gasteiger charge is -2.30. The quantitative estimate of drug-likeness (QED) is 0.784. The highest BCUT2D eigenvalue weighted by atomic mass is 32.1. The lowest BCUT2D eigenvalue weighted by molar-refractivity contribution is 0.616. The monoisotopic (exact) mass is 294 g/mol. The van der Waals surface area contributed by atoms with Gasteiger partial charge in [0.15, 0.2) is 5.82 Å². The van der Waals surface area contributed by atoms with Crippen molar-refractivity contribution >= 4 is 23.0 Å². The Labute approximate surface area is 127 Å². The molecule has 20 heavy (non-hydrogen) atoms. The molecule has 0 bridgehead atoms. The summed E-state index contributed by atoms with van der Waals surface area (Å²) < 4.78 is 0. The SMILES string of the molecule is CCc1nnc(N(CC)C(C)CC)c(C(N)=S)c1CC. The van der Waals surface area contributed by atoms with E-state index in [1.54, 1.807) is 0 Å². The minimum absolute atomic E-state index is 0.389. The van der Waals surface area contributed by atoms with Crippen molar-refractivity contribution in [2.24, 2.45) is 5.73 Å². The van der Waals surface area contributed by atoms with Gasteiger partial charge in [-0.2, -0.15) is 5.10 Å². The number of aromatic nitrogens is 2. The van der Waals surface area contributed by atoms with Crippen LogP contribution in [0.3, 0.4) is 0 Å². The Bertz CT molecular complexity index is 473. The van der Waals surface area contributed by atoms with Crippen LogP contribution in [0.4, 0.5) is 5.82 Å². The fourth-order valence-electron chi connectivity index (χ4n) is 2.51. The highest BCUT2D eigenvalue weighted by molar-refractivity contribution is 7.80. The van der Waals surface area contributed by atoms with Crippen molar-refractivity contribution in [3.63, 3.8) is 0 Å². The highest BCUT2D eigenvalue weighted by Crippen LogP contribution is 2.26. The molecule has 0 fully saturated rings. The van der Waals surface area contributed by atoms with Crippen LogP contribution >= 0.6 is 12.2 Å². The molecule has 0 spiro atoms. The van der Waals surface area contributed by atoms with Crippen molar-refractivity contribution in [1.82, 2.24) is 10.2 Å². The van der Waals surface area contributed by atoms with E-state index in [-0.39, 0.29) is 0 Å². The minimum Gasteiger partial charge on any atom is -0.389 e. The molecule has 0 amide bonds. The first kappa shape index (κ1) is 16.8. The van der Waals surface area contributed by atoms with E-state index in [2.05, 4.69) is 49.7 Å². The molecule has 4 nitrogen and oxygen atoms in total. The molecule has 1 heterocycles. The van der Waals surface area contributed by atoms with Crippen molar-refractivity contribution in [2.45, 2.75) is 59.9 Å². The summed E-state index contributed by atoms with van der Waals surface area (Å²) in [6, 6.07) is 0.389. The first-order valence-electron chi connectivity index (χ1n) is 7.46. The van der Waals surface area contributed by atoms with Crippen molar-refractivity contribution in [2.75, 3.05) is 11.4 Å². The van der Waals surface area contributed by atoms with Crippen molar-refractivity contribution in [1.29, 1.82) is 0 Å². The molecule has 0 saturated heterocycles. The molecule has 1 rings (SSSR count). The van der Waals surface area contributed by atoms with Gasteiger partial charge in [-0.05, 0) is 38.7 Å². The van der Waals surface area contributed by atoms with Gasteiger partial charge in [0.25, 0.3) is 0 Å². The lowest BCUT2D eigenvalue weighted by Crippen LogP contribution is -2.36. The fourth-order valence-corrected chi connectivity index (χ4v) is 2.73. The van der Waals surface area contributed by atoms with Crippen LogP contribution in [0.1, 0.15) is 57.9 Å². The number of anilines is 1. The number of rotatable bonds is 7.